The second-order valence-corrected chi connectivity index (χ2v) is 10.2. The maximum atomic E-state index is 10.3. The van der Waals surface area contributed by atoms with Crippen molar-refractivity contribution in [1.29, 1.82) is 0 Å². The Bertz CT molecular complexity index is 405. The average molecular weight is 381 g/mol. The average Bonchev–Trinajstić information content (AvgIpc) is 2.33. The summed E-state index contributed by atoms with van der Waals surface area (Å²) in [4.78, 5) is 30.1. The van der Waals surface area contributed by atoms with Gasteiger partial charge in [0.2, 0.25) is 0 Å². The Morgan fingerprint density at radius 2 is 1.35 bits per heavy atom. The fourth-order valence-corrected chi connectivity index (χ4v) is 7.32. The number of carbonyl (C=O) groups is 3. The van der Waals surface area contributed by atoms with E-state index in [0.717, 1.165) is 8.88 Å². The highest BCUT2D eigenvalue weighted by Crippen LogP contribution is 1.93. The van der Waals surface area contributed by atoms with Crippen LogP contribution in [0.15, 0.2) is 0 Å². The van der Waals surface area contributed by atoms with E-state index >= 15 is 0 Å². The zero-order chi connectivity index (χ0) is 16.0. The van der Waals surface area contributed by atoms with Crippen LogP contribution in [0.25, 0.3) is 0 Å². The molecule has 0 saturated carbocycles. The Kier molecular flexibility index (Phi) is 16.7. The predicted molar refractivity (Wildman–Crippen MR) is 89.8 cm³/mol. The van der Waals surface area contributed by atoms with Crippen molar-refractivity contribution in [2.24, 2.45) is 0 Å². The molecule has 0 aliphatic carbocycles. The largest absolute Gasteiger partial charge is 0.481 e. The molecule has 0 spiro atoms. The second-order valence-electron chi connectivity index (χ2n) is 3.14. The molecule has 0 heterocycles. The minimum atomic E-state index is -0.854. The number of rotatable bonds is 8. The summed E-state index contributed by atoms with van der Waals surface area (Å²) in [6.07, 6.45) is 0.306. The lowest BCUT2D eigenvalue weighted by atomic mass is 10.5. The zero-order valence-electron chi connectivity index (χ0n) is 10.4. The zero-order valence-corrected chi connectivity index (χ0v) is 14.5. The number of carboxylic acid groups (broad SMARTS) is 3. The van der Waals surface area contributed by atoms with E-state index in [-0.39, 0.29) is 28.7 Å². The van der Waals surface area contributed by atoms with E-state index in [2.05, 4.69) is 23.8 Å². The van der Waals surface area contributed by atoms with Crippen molar-refractivity contribution in [3.63, 3.8) is 0 Å². The van der Waals surface area contributed by atoms with Crippen LogP contribution in [-0.2, 0) is 52.8 Å². The van der Waals surface area contributed by atoms with Crippen LogP contribution in [0.3, 0.4) is 0 Å². The summed E-state index contributed by atoms with van der Waals surface area (Å²) in [6, 6.07) is 0. The molecule has 0 aliphatic heterocycles. The molecule has 0 unspecified atom stereocenters. The van der Waals surface area contributed by atoms with Gasteiger partial charge >= 0.3 is 17.9 Å². The Hall–Kier alpha value is -0.230. The summed E-state index contributed by atoms with van der Waals surface area (Å²) < 4.78 is 0. The van der Waals surface area contributed by atoms with E-state index in [1.165, 1.54) is 8.88 Å². The maximum absolute atomic E-state index is 10.3. The van der Waals surface area contributed by atoms with Gasteiger partial charge < -0.3 is 15.3 Å². The van der Waals surface area contributed by atoms with Gasteiger partial charge in [0.05, 0.1) is 19.3 Å². The highest BCUT2D eigenvalue weighted by Gasteiger charge is 2.03. The summed E-state index contributed by atoms with van der Waals surface area (Å²) in [5.74, 6) is -1.08. The Morgan fingerprint density at radius 3 is 1.55 bits per heavy atom. The van der Waals surface area contributed by atoms with Gasteiger partial charge in [-0.05, 0) is 28.9 Å². The summed E-state index contributed by atoms with van der Waals surface area (Å²) in [5, 5.41) is 24.8. The van der Waals surface area contributed by atoms with Crippen LogP contribution in [0.1, 0.15) is 19.3 Å². The van der Waals surface area contributed by atoms with Gasteiger partial charge in [-0.1, -0.05) is 0 Å². The molecule has 0 rings (SSSR count). The van der Waals surface area contributed by atoms with Crippen LogP contribution >= 0.6 is 12.6 Å². The third-order valence-electron chi connectivity index (χ3n) is 1.54. The molecule has 6 nitrogen and oxygen atoms in total. The van der Waals surface area contributed by atoms with Crippen LogP contribution in [0.4, 0.5) is 0 Å². The minimum absolute atomic E-state index is 0.0750. The number of aliphatic carboxylic acids is 3. The SMILES string of the molecule is O=C(O)CCS.O=C(O)CCS(CCC(=O)O)=S=S=S. The van der Waals surface area contributed by atoms with Crippen LogP contribution < -0.4 is 0 Å². The van der Waals surface area contributed by atoms with Crippen molar-refractivity contribution < 1.29 is 29.7 Å². The van der Waals surface area contributed by atoms with Crippen molar-refractivity contribution in [3.8, 4) is 0 Å². The molecule has 0 atom stereocenters. The second kappa shape index (κ2) is 15.2. The number of carboxylic acids is 3. The van der Waals surface area contributed by atoms with Crippen molar-refractivity contribution in [2.45, 2.75) is 19.3 Å². The molecular formula is C9H16O6S5. The van der Waals surface area contributed by atoms with Gasteiger partial charge in [0.1, 0.15) is 0 Å². The van der Waals surface area contributed by atoms with E-state index in [9.17, 15) is 14.4 Å². The van der Waals surface area contributed by atoms with Gasteiger partial charge in [0.15, 0.2) is 0 Å². The van der Waals surface area contributed by atoms with E-state index in [1.807, 2.05) is 0 Å². The molecule has 0 aromatic rings. The molecule has 0 aromatic carbocycles. The smallest absolute Gasteiger partial charge is 0.304 e. The summed E-state index contributed by atoms with van der Waals surface area (Å²) in [7, 11) is 2.28. The van der Waals surface area contributed by atoms with E-state index in [0.29, 0.717) is 17.3 Å². The van der Waals surface area contributed by atoms with Gasteiger partial charge in [-0.2, -0.15) is 12.6 Å². The lowest BCUT2D eigenvalue weighted by molar-refractivity contribution is -0.137. The highest BCUT2D eigenvalue weighted by molar-refractivity contribution is 8.58. The molecule has 20 heavy (non-hydrogen) atoms. The molecule has 0 radical (unpaired) electrons. The summed E-state index contributed by atoms with van der Waals surface area (Å²) in [6.45, 7) is 0. The molecule has 118 valence electrons. The Morgan fingerprint density at radius 1 is 0.950 bits per heavy atom. The van der Waals surface area contributed by atoms with Crippen LogP contribution in [0.2, 0.25) is 0 Å². The highest BCUT2D eigenvalue weighted by atomic mass is 33.2. The first kappa shape index (κ1) is 22.1. The van der Waals surface area contributed by atoms with E-state index in [4.69, 9.17) is 15.3 Å². The van der Waals surface area contributed by atoms with Crippen LogP contribution in [0, 0.1) is 0 Å². The molecule has 0 aliphatic rings. The van der Waals surface area contributed by atoms with Gasteiger partial charge in [-0.3, -0.25) is 14.4 Å². The molecular weight excluding hydrogens is 364 g/mol. The van der Waals surface area contributed by atoms with Gasteiger partial charge in [-0.25, -0.2) is 0 Å². The lowest BCUT2D eigenvalue weighted by Crippen LogP contribution is -2.10. The first-order chi connectivity index (χ1) is 9.33. The fourth-order valence-electron chi connectivity index (χ4n) is 0.707. The number of thiol groups is 1. The lowest BCUT2D eigenvalue weighted by Gasteiger charge is -2.00. The third-order valence-corrected chi connectivity index (χ3v) is 8.80. The number of hydrogen-bond acceptors (Lipinski definition) is 5. The molecule has 0 aromatic heterocycles. The first-order valence-corrected chi connectivity index (χ1v) is 11.0. The molecule has 0 fully saturated rings. The van der Waals surface area contributed by atoms with Gasteiger partial charge in [0.25, 0.3) is 0 Å². The molecule has 3 N–H and O–H groups in total. The van der Waals surface area contributed by atoms with Gasteiger partial charge in [0, 0.05) is 17.3 Å². The Labute approximate surface area is 135 Å². The quantitative estimate of drug-likeness (QED) is 0.451. The number of hydrogen-bond donors (Lipinski definition) is 4. The maximum Gasteiger partial charge on any atom is 0.304 e. The topological polar surface area (TPSA) is 112 Å². The molecule has 0 amide bonds. The van der Waals surface area contributed by atoms with E-state index in [1.54, 1.807) is 0 Å². The molecule has 0 saturated heterocycles. The van der Waals surface area contributed by atoms with E-state index < -0.39 is 17.9 Å². The predicted octanol–water partition coefficient (Wildman–Crippen LogP) is 0.402. The summed E-state index contributed by atoms with van der Waals surface area (Å²) in [5.41, 5.74) is 0. The standard InChI is InChI=1S/C6H10O4S4.C3H6O2S/c7-5(8)1-3-14(13-12-11)4-2-6(9)10;4-3(5)1-2-6/h1-4H2,(H,7,8)(H,9,10);6H,1-2H2,(H,4,5). The van der Waals surface area contributed by atoms with Crippen molar-refractivity contribution in [3.05, 3.63) is 0 Å². The normalized spacial score (nSPS) is 9.30. The van der Waals surface area contributed by atoms with Gasteiger partial charge in [-0.15, -0.1) is 9.45 Å². The summed E-state index contributed by atoms with van der Waals surface area (Å²) >= 11 is 8.36. The third kappa shape index (κ3) is 20.1. The van der Waals surface area contributed by atoms with Crippen molar-refractivity contribution in [1.82, 2.24) is 0 Å². The van der Waals surface area contributed by atoms with Crippen molar-refractivity contribution in [2.75, 3.05) is 17.3 Å². The molecule has 11 heteroatoms. The minimum Gasteiger partial charge on any atom is -0.481 e. The monoisotopic (exact) mass is 380 g/mol. The van der Waals surface area contributed by atoms with Crippen LogP contribution in [-0.4, -0.2) is 50.5 Å². The Balaban J connectivity index is 0. The fraction of sp³-hybridized carbons (Fsp3) is 0.667. The van der Waals surface area contributed by atoms with Crippen LogP contribution in [0.5, 0.6) is 0 Å². The van der Waals surface area contributed by atoms with Crippen molar-refractivity contribution >= 4 is 68.9 Å². The molecule has 0 bridgehead atoms. The first-order valence-electron chi connectivity index (χ1n) is 5.24.